The summed E-state index contributed by atoms with van der Waals surface area (Å²) < 4.78 is 0.613. The molecule has 3 nitrogen and oxygen atoms in total. The van der Waals surface area contributed by atoms with Gasteiger partial charge in [-0.05, 0) is 26.0 Å². The Balaban J connectivity index is 0.00000196. The third kappa shape index (κ3) is 5.37. The molecule has 15 heavy (non-hydrogen) atoms. The van der Waals surface area contributed by atoms with Gasteiger partial charge < -0.3 is 11.1 Å². The molecular formula is C9H14Cl2N2OS. The Bertz CT molecular complexity index is 333. The number of nitrogens with two attached hydrogens (primary N) is 1. The molecule has 0 fully saturated rings. The highest BCUT2D eigenvalue weighted by Crippen LogP contribution is 2.21. The zero-order valence-corrected chi connectivity index (χ0v) is 10.9. The zero-order valence-electron chi connectivity index (χ0n) is 8.54. The van der Waals surface area contributed by atoms with E-state index in [0.717, 1.165) is 0 Å². The van der Waals surface area contributed by atoms with Crippen LogP contribution in [0.4, 0.5) is 0 Å². The van der Waals surface area contributed by atoms with Crippen molar-refractivity contribution in [2.45, 2.75) is 19.4 Å². The summed E-state index contributed by atoms with van der Waals surface area (Å²) in [5, 5.41) is 2.74. The number of halogens is 2. The van der Waals surface area contributed by atoms with Gasteiger partial charge in [-0.1, -0.05) is 11.6 Å². The fraction of sp³-hybridized carbons (Fsp3) is 0.444. The van der Waals surface area contributed by atoms with Crippen LogP contribution in [-0.4, -0.2) is 18.0 Å². The van der Waals surface area contributed by atoms with Crippen LogP contribution in [0.15, 0.2) is 12.1 Å². The van der Waals surface area contributed by atoms with E-state index in [4.69, 9.17) is 17.3 Å². The van der Waals surface area contributed by atoms with Gasteiger partial charge in [-0.2, -0.15) is 0 Å². The number of nitrogens with one attached hydrogen (secondary N) is 1. The van der Waals surface area contributed by atoms with Crippen molar-refractivity contribution >= 4 is 41.3 Å². The normalized spacial score (nSPS) is 10.7. The van der Waals surface area contributed by atoms with E-state index in [1.165, 1.54) is 11.3 Å². The predicted molar refractivity (Wildman–Crippen MR) is 67.2 cm³/mol. The Kier molecular flexibility index (Phi) is 5.59. The van der Waals surface area contributed by atoms with Crippen molar-refractivity contribution in [1.82, 2.24) is 5.32 Å². The van der Waals surface area contributed by atoms with Gasteiger partial charge in [0.2, 0.25) is 0 Å². The van der Waals surface area contributed by atoms with Gasteiger partial charge in [0, 0.05) is 12.1 Å². The van der Waals surface area contributed by atoms with Crippen LogP contribution in [0.1, 0.15) is 23.5 Å². The van der Waals surface area contributed by atoms with E-state index in [-0.39, 0.29) is 18.3 Å². The van der Waals surface area contributed by atoms with E-state index in [2.05, 4.69) is 5.32 Å². The van der Waals surface area contributed by atoms with E-state index in [0.29, 0.717) is 15.8 Å². The third-order valence-corrected chi connectivity index (χ3v) is 2.73. The molecule has 0 spiro atoms. The van der Waals surface area contributed by atoms with Gasteiger partial charge in [0.05, 0.1) is 9.21 Å². The van der Waals surface area contributed by atoms with Crippen molar-refractivity contribution in [3.63, 3.8) is 0 Å². The summed E-state index contributed by atoms with van der Waals surface area (Å²) in [6, 6.07) is 3.40. The summed E-state index contributed by atoms with van der Waals surface area (Å²) in [6.07, 6.45) is 0. The van der Waals surface area contributed by atoms with Gasteiger partial charge in [-0.15, -0.1) is 23.7 Å². The summed E-state index contributed by atoms with van der Waals surface area (Å²) in [5.74, 6) is -0.125. The molecule has 0 aliphatic rings. The second kappa shape index (κ2) is 5.70. The minimum absolute atomic E-state index is 0. The molecule has 0 aromatic carbocycles. The average molecular weight is 269 g/mol. The van der Waals surface area contributed by atoms with Crippen LogP contribution in [0.3, 0.4) is 0 Å². The first kappa shape index (κ1) is 14.7. The van der Waals surface area contributed by atoms with Gasteiger partial charge in [-0.3, -0.25) is 4.79 Å². The van der Waals surface area contributed by atoms with Crippen LogP contribution in [0, 0.1) is 0 Å². The number of hydrogen-bond donors (Lipinski definition) is 2. The lowest BCUT2D eigenvalue weighted by molar-refractivity contribution is 0.0950. The van der Waals surface area contributed by atoms with Crippen molar-refractivity contribution in [1.29, 1.82) is 0 Å². The quantitative estimate of drug-likeness (QED) is 0.884. The number of thiophene rings is 1. The van der Waals surface area contributed by atoms with E-state index >= 15 is 0 Å². The molecule has 0 unspecified atom stereocenters. The van der Waals surface area contributed by atoms with Gasteiger partial charge in [0.25, 0.3) is 5.91 Å². The van der Waals surface area contributed by atoms with Gasteiger partial charge in [-0.25, -0.2) is 0 Å². The van der Waals surface area contributed by atoms with Gasteiger partial charge >= 0.3 is 0 Å². The van der Waals surface area contributed by atoms with E-state index in [9.17, 15) is 4.79 Å². The Morgan fingerprint density at radius 3 is 2.60 bits per heavy atom. The first-order valence-corrected chi connectivity index (χ1v) is 5.40. The Morgan fingerprint density at radius 2 is 2.20 bits per heavy atom. The summed E-state index contributed by atoms with van der Waals surface area (Å²) in [6.45, 7) is 4.16. The van der Waals surface area contributed by atoms with E-state index in [1.807, 2.05) is 13.8 Å². The van der Waals surface area contributed by atoms with E-state index < -0.39 is 5.54 Å². The lowest BCUT2D eigenvalue weighted by atomic mass is 10.1. The molecule has 0 aliphatic carbocycles. The van der Waals surface area contributed by atoms with Crippen LogP contribution in [0.25, 0.3) is 0 Å². The van der Waals surface area contributed by atoms with Crippen LogP contribution in [-0.2, 0) is 0 Å². The van der Waals surface area contributed by atoms with Crippen LogP contribution < -0.4 is 11.1 Å². The fourth-order valence-corrected chi connectivity index (χ4v) is 1.79. The van der Waals surface area contributed by atoms with E-state index in [1.54, 1.807) is 12.1 Å². The number of carbonyl (C=O) groups excluding carboxylic acids is 1. The second-order valence-corrected chi connectivity index (χ2v) is 5.49. The number of amides is 1. The summed E-state index contributed by atoms with van der Waals surface area (Å²) in [7, 11) is 0. The minimum atomic E-state index is -0.392. The van der Waals surface area contributed by atoms with Crippen molar-refractivity contribution < 1.29 is 4.79 Å². The molecule has 0 atom stereocenters. The molecule has 86 valence electrons. The first-order valence-electron chi connectivity index (χ1n) is 4.21. The molecule has 1 rings (SSSR count). The standard InChI is InChI=1S/C9H13ClN2OS.ClH/c1-9(2,11)5-12-8(13)6-3-4-7(10)14-6;/h3-4H,5,11H2,1-2H3,(H,12,13);1H. The molecule has 1 amide bonds. The maximum atomic E-state index is 11.5. The molecule has 0 bridgehead atoms. The number of rotatable bonds is 3. The fourth-order valence-electron chi connectivity index (χ4n) is 0.832. The van der Waals surface area contributed by atoms with Crippen molar-refractivity contribution in [2.24, 2.45) is 5.73 Å². The Hall–Kier alpha value is -0.290. The summed E-state index contributed by atoms with van der Waals surface area (Å²) in [4.78, 5) is 12.1. The highest BCUT2D eigenvalue weighted by molar-refractivity contribution is 7.17. The highest BCUT2D eigenvalue weighted by Gasteiger charge is 2.14. The minimum Gasteiger partial charge on any atom is -0.350 e. The molecular weight excluding hydrogens is 255 g/mol. The Morgan fingerprint density at radius 1 is 1.60 bits per heavy atom. The van der Waals surface area contributed by atoms with Crippen molar-refractivity contribution in [3.05, 3.63) is 21.3 Å². The third-order valence-electron chi connectivity index (χ3n) is 1.50. The lowest BCUT2D eigenvalue weighted by Gasteiger charge is -2.18. The Labute approximate surface area is 104 Å². The molecule has 0 saturated carbocycles. The summed E-state index contributed by atoms with van der Waals surface area (Å²) in [5.41, 5.74) is 5.34. The maximum absolute atomic E-state index is 11.5. The maximum Gasteiger partial charge on any atom is 0.261 e. The van der Waals surface area contributed by atoms with Crippen LogP contribution in [0.5, 0.6) is 0 Å². The number of carbonyl (C=O) groups is 1. The number of hydrogen-bond acceptors (Lipinski definition) is 3. The van der Waals surface area contributed by atoms with Crippen LogP contribution in [0.2, 0.25) is 4.34 Å². The van der Waals surface area contributed by atoms with Crippen LogP contribution >= 0.6 is 35.3 Å². The highest BCUT2D eigenvalue weighted by atomic mass is 35.5. The first-order chi connectivity index (χ1) is 6.38. The molecule has 1 aromatic heterocycles. The SMILES string of the molecule is CC(C)(N)CNC(=O)c1ccc(Cl)s1.Cl. The second-order valence-electron chi connectivity index (χ2n) is 3.78. The molecule has 0 radical (unpaired) electrons. The molecule has 6 heteroatoms. The van der Waals surface area contributed by atoms with Crippen molar-refractivity contribution in [3.8, 4) is 0 Å². The summed E-state index contributed by atoms with van der Waals surface area (Å²) >= 11 is 6.97. The van der Waals surface area contributed by atoms with Gasteiger partial charge in [0.15, 0.2) is 0 Å². The lowest BCUT2D eigenvalue weighted by Crippen LogP contribution is -2.44. The largest absolute Gasteiger partial charge is 0.350 e. The topological polar surface area (TPSA) is 55.1 Å². The predicted octanol–water partition coefficient (Wildman–Crippen LogP) is 2.29. The smallest absolute Gasteiger partial charge is 0.261 e. The molecule has 0 aliphatic heterocycles. The van der Waals surface area contributed by atoms with Gasteiger partial charge in [0.1, 0.15) is 0 Å². The molecule has 1 aromatic rings. The monoisotopic (exact) mass is 268 g/mol. The molecule has 3 N–H and O–H groups in total. The van der Waals surface area contributed by atoms with Crippen molar-refractivity contribution in [2.75, 3.05) is 6.54 Å². The average Bonchev–Trinajstić information content (AvgIpc) is 2.46. The molecule has 0 saturated heterocycles. The zero-order chi connectivity index (χ0) is 10.8. The molecule has 1 heterocycles.